The van der Waals surface area contributed by atoms with E-state index < -0.39 is 0 Å². The molecule has 1 aliphatic heterocycles. The molecule has 4 heteroatoms. The van der Waals surface area contributed by atoms with Crippen LogP contribution in [0, 0.1) is 5.92 Å². The summed E-state index contributed by atoms with van der Waals surface area (Å²) >= 11 is 0. The van der Waals surface area contributed by atoms with Crippen LogP contribution in [0.2, 0.25) is 0 Å². The van der Waals surface area contributed by atoms with Crippen molar-refractivity contribution in [1.29, 1.82) is 0 Å². The number of rotatable bonds is 5. The van der Waals surface area contributed by atoms with Crippen molar-refractivity contribution in [3.8, 4) is 0 Å². The summed E-state index contributed by atoms with van der Waals surface area (Å²) in [5.74, 6) is 0.228. The van der Waals surface area contributed by atoms with Crippen molar-refractivity contribution in [1.82, 2.24) is 4.90 Å². The highest BCUT2D eigenvalue weighted by atomic mass is 16.2. The fourth-order valence-electron chi connectivity index (χ4n) is 3.21. The van der Waals surface area contributed by atoms with Gasteiger partial charge in [-0.1, -0.05) is 48.5 Å². The summed E-state index contributed by atoms with van der Waals surface area (Å²) in [6.07, 6.45) is 2.77. The van der Waals surface area contributed by atoms with Gasteiger partial charge in [-0.15, -0.1) is 0 Å². The molecule has 0 saturated carbocycles. The Labute approximate surface area is 148 Å². The highest BCUT2D eigenvalue weighted by Crippen LogP contribution is 2.20. The van der Waals surface area contributed by atoms with Gasteiger partial charge >= 0.3 is 0 Å². The Kier molecular flexibility index (Phi) is 5.83. The van der Waals surface area contributed by atoms with Gasteiger partial charge in [0.05, 0.1) is 0 Å². The maximum Gasteiger partial charge on any atom is 0.227 e. The lowest BCUT2D eigenvalue weighted by Gasteiger charge is -2.31. The Morgan fingerprint density at radius 3 is 2.16 bits per heavy atom. The molecule has 2 aromatic rings. The summed E-state index contributed by atoms with van der Waals surface area (Å²) in [4.78, 5) is 26.6. The Hall–Kier alpha value is -2.62. The summed E-state index contributed by atoms with van der Waals surface area (Å²) in [6, 6.07) is 19.6. The Balaban J connectivity index is 1.43. The zero-order chi connectivity index (χ0) is 17.5. The number of benzene rings is 2. The predicted octanol–water partition coefficient (Wildman–Crippen LogP) is 3.50. The Morgan fingerprint density at radius 2 is 1.52 bits per heavy atom. The normalized spacial score (nSPS) is 15.0. The van der Waals surface area contributed by atoms with Gasteiger partial charge in [0, 0.05) is 31.1 Å². The summed E-state index contributed by atoms with van der Waals surface area (Å²) in [5, 5.41) is 2.96. The van der Waals surface area contributed by atoms with Gasteiger partial charge in [0.2, 0.25) is 11.8 Å². The first kappa shape index (κ1) is 17.2. The van der Waals surface area contributed by atoms with Crippen LogP contribution >= 0.6 is 0 Å². The molecular formula is C21H24N2O2. The second-order valence-electron chi connectivity index (χ2n) is 6.50. The van der Waals surface area contributed by atoms with E-state index in [1.807, 2.05) is 65.6 Å². The maximum absolute atomic E-state index is 12.4. The number of piperidine rings is 1. The van der Waals surface area contributed by atoms with Crippen LogP contribution < -0.4 is 5.32 Å². The van der Waals surface area contributed by atoms with E-state index in [0.717, 1.165) is 24.9 Å². The average molecular weight is 336 g/mol. The zero-order valence-corrected chi connectivity index (χ0v) is 14.4. The summed E-state index contributed by atoms with van der Waals surface area (Å²) in [6.45, 7) is 1.33. The van der Waals surface area contributed by atoms with E-state index in [1.54, 1.807) is 0 Å². The average Bonchev–Trinajstić information content (AvgIpc) is 2.68. The lowest BCUT2D eigenvalue weighted by molar-refractivity contribution is -0.134. The number of carbonyl (C=O) groups is 2. The van der Waals surface area contributed by atoms with Crippen molar-refractivity contribution in [2.75, 3.05) is 18.4 Å². The molecule has 1 fully saturated rings. The quantitative estimate of drug-likeness (QED) is 0.908. The van der Waals surface area contributed by atoms with Crippen LogP contribution in [0.3, 0.4) is 0 Å². The number of anilines is 1. The number of likely N-dealkylation sites (tertiary alicyclic amines) is 1. The second kappa shape index (κ2) is 8.47. The van der Waals surface area contributed by atoms with Crippen LogP contribution in [0.4, 0.5) is 5.69 Å². The minimum Gasteiger partial charge on any atom is -0.343 e. The molecule has 0 bridgehead atoms. The van der Waals surface area contributed by atoms with Crippen LogP contribution in [-0.2, 0) is 16.0 Å². The molecule has 1 N–H and O–H groups in total. The molecule has 130 valence electrons. The smallest absolute Gasteiger partial charge is 0.227 e. The highest BCUT2D eigenvalue weighted by Gasteiger charge is 2.27. The third kappa shape index (κ3) is 4.92. The summed E-state index contributed by atoms with van der Waals surface area (Å²) < 4.78 is 0. The van der Waals surface area contributed by atoms with E-state index in [4.69, 9.17) is 0 Å². The fourth-order valence-corrected chi connectivity index (χ4v) is 3.21. The second-order valence-corrected chi connectivity index (χ2v) is 6.50. The van der Waals surface area contributed by atoms with Crippen LogP contribution in [0.15, 0.2) is 60.7 Å². The number of aryl methyl sites for hydroxylation is 1. The molecule has 1 saturated heterocycles. The van der Waals surface area contributed by atoms with Crippen LogP contribution in [0.5, 0.6) is 0 Å². The zero-order valence-electron chi connectivity index (χ0n) is 14.4. The number of amides is 2. The van der Waals surface area contributed by atoms with Gasteiger partial charge in [0.1, 0.15) is 0 Å². The summed E-state index contributed by atoms with van der Waals surface area (Å²) in [5.41, 5.74) is 2.02. The molecule has 3 rings (SSSR count). The van der Waals surface area contributed by atoms with E-state index in [1.165, 1.54) is 5.56 Å². The van der Waals surface area contributed by atoms with Gasteiger partial charge in [0.25, 0.3) is 0 Å². The largest absolute Gasteiger partial charge is 0.343 e. The van der Waals surface area contributed by atoms with E-state index in [9.17, 15) is 9.59 Å². The van der Waals surface area contributed by atoms with Gasteiger partial charge in [-0.25, -0.2) is 0 Å². The topological polar surface area (TPSA) is 49.4 Å². The molecule has 4 nitrogen and oxygen atoms in total. The van der Waals surface area contributed by atoms with Gasteiger partial charge in [-0.2, -0.15) is 0 Å². The number of carbonyl (C=O) groups excluding carboxylic acids is 2. The maximum atomic E-state index is 12.4. The number of nitrogens with one attached hydrogen (secondary N) is 1. The highest BCUT2D eigenvalue weighted by molar-refractivity contribution is 5.92. The molecule has 25 heavy (non-hydrogen) atoms. The summed E-state index contributed by atoms with van der Waals surface area (Å²) in [7, 11) is 0. The molecule has 0 atom stereocenters. The molecule has 0 aliphatic carbocycles. The molecule has 0 spiro atoms. The van der Waals surface area contributed by atoms with Gasteiger partial charge in [-0.05, 0) is 37.0 Å². The van der Waals surface area contributed by atoms with Gasteiger partial charge < -0.3 is 10.2 Å². The number of hydrogen-bond acceptors (Lipinski definition) is 2. The lowest BCUT2D eigenvalue weighted by Crippen LogP contribution is -2.41. The minimum atomic E-state index is -0.0154. The lowest BCUT2D eigenvalue weighted by atomic mass is 9.95. The number of nitrogens with zero attached hydrogens (tertiary/aromatic N) is 1. The predicted molar refractivity (Wildman–Crippen MR) is 99.1 cm³/mol. The first-order valence-corrected chi connectivity index (χ1v) is 8.90. The van der Waals surface area contributed by atoms with Crippen LogP contribution in [-0.4, -0.2) is 29.8 Å². The first-order chi connectivity index (χ1) is 12.2. The molecule has 2 aromatic carbocycles. The minimum absolute atomic E-state index is 0.0154. The SMILES string of the molecule is O=C(Nc1ccccc1)C1CCN(C(=O)CCc2ccccc2)CC1. The van der Waals surface area contributed by atoms with Crippen molar-refractivity contribution in [3.63, 3.8) is 0 Å². The standard InChI is InChI=1S/C21H24N2O2/c24-20(12-11-17-7-3-1-4-8-17)23-15-13-18(14-16-23)21(25)22-19-9-5-2-6-10-19/h1-10,18H,11-16H2,(H,22,25). The molecular weight excluding hydrogens is 312 g/mol. The van der Waals surface area contributed by atoms with Crippen molar-refractivity contribution in [3.05, 3.63) is 66.2 Å². The third-order valence-electron chi connectivity index (χ3n) is 4.73. The van der Waals surface area contributed by atoms with E-state index >= 15 is 0 Å². The van der Waals surface area contributed by atoms with E-state index in [0.29, 0.717) is 19.5 Å². The molecule has 0 unspecified atom stereocenters. The first-order valence-electron chi connectivity index (χ1n) is 8.90. The van der Waals surface area contributed by atoms with Crippen LogP contribution in [0.25, 0.3) is 0 Å². The molecule has 1 aliphatic rings. The van der Waals surface area contributed by atoms with E-state index in [-0.39, 0.29) is 17.7 Å². The van der Waals surface area contributed by atoms with Crippen molar-refractivity contribution in [2.24, 2.45) is 5.92 Å². The molecule has 2 amide bonds. The van der Waals surface area contributed by atoms with Crippen molar-refractivity contribution in [2.45, 2.75) is 25.7 Å². The van der Waals surface area contributed by atoms with Gasteiger partial charge in [-0.3, -0.25) is 9.59 Å². The Bertz CT molecular complexity index is 692. The molecule has 1 heterocycles. The number of para-hydroxylation sites is 1. The number of hydrogen-bond donors (Lipinski definition) is 1. The molecule has 0 radical (unpaired) electrons. The molecule has 0 aromatic heterocycles. The monoisotopic (exact) mass is 336 g/mol. The fraction of sp³-hybridized carbons (Fsp3) is 0.333. The van der Waals surface area contributed by atoms with Crippen molar-refractivity contribution >= 4 is 17.5 Å². The van der Waals surface area contributed by atoms with Gasteiger partial charge in [0.15, 0.2) is 0 Å². The Morgan fingerprint density at radius 1 is 0.920 bits per heavy atom. The van der Waals surface area contributed by atoms with Crippen LogP contribution in [0.1, 0.15) is 24.8 Å². The van der Waals surface area contributed by atoms with E-state index in [2.05, 4.69) is 5.32 Å². The van der Waals surface area contributed by atoms with Crippen molar-refractivity contribution < 1.29 is 9.59 Å². The third-order valence-corrected chi connectivity index (χ3v) is 4.73.